The van der Waals surface area contributed by atoms with Crippen LogP contribution in [-0.2, 0) is 7.05 Å². The summed E-state index contributed by atoms with van der Waals surface area (Å²) in [5.74, 6) is 0.178. The topological polar surface area (TPSA) is 34.9 Å². The molecule has 0 spiro atoms. The van der Waals surface area contributed by atoms with Gasteiger partial charge in [-0.1, -0.05) is 0 Å². The lowest BCUT2D eigenvalue weighted by atomic mass is 10.1. The number of hydrogen-bond acceptors (Lipinski definition) is 2. The molecule has 17 heavy (non-hydrogen) atoms. The van der Waals surface area contributed by atoms with Crippen LogP contribution >= 0.6 is 0 Å². The number of fused-ring (bicyclic) bond motifs is 1. The van der Waals surface area contributed by atoms with Gasteiger partial charge in [0.2, 0.25) is 0 Å². The second-order valence-electron chi connectivity index (χ2n) is 4.72. The fourth-order valence-corrected chi connectivity index (χ4v) is 2.17. The molecule has 0 amide bonds. The fraction of sp³-hybridized carbons (Fsp3) is 0.385. The van der Waals surface area contributed by atoms with E-state index in [9.17, 15) is 9.18 Å². The van der Waals surface area contributed by atoms with Gasteiger partial charge in [0, 0.05) is 31.4 Å². The van der Waals surface area contributed by atoms with Gasteiger partial charge in [0.15, 0.2) is 5.78 Å². The van der Waals surface area contributed by atoms with E-state index in [1.165, 1.54) is 12.3 Å². The van der Waals surface area contributed by atoms with Crippen LogP contribution in [0.15, 0.2) is 18.5 Å². The standard InChI is InChI=1S/C13H13FN2O/c1-16-7-9(11(17)6-8-2-3-8)12-10(14)4-5-15-13(12)16/h4-5,7-8H,2-3,6H2,1H3. The van der Waals surface area contributed by atoms with Crippen LogP contribution in [0.5, 0.6) is 0 Å². The van der Waals surface area contributed by atoms with Gasteiger partial charge in [0.1, 0.15) is 11.5 Å². The zero-order valence-corrected chi connectivity index (χ0v) is 9.61. The lowest BCUT2D eigenvalue weighted by Gasteiger charge is -1.98. The molecule has 1 saturated carbocycles. The van der Waals surface area contributed by atoms with Crippen LogP contribution in [0.2, 0.25) is 0 Å². The third-order valence-electron chi connectivity index (χ3n) is 3.28. The fourth-order valence-electron chi connectivity index (χ4n) is 2.17. The lowest BCUT2D eigenvalue weighted by molar-refractivity contribution is 0.0977. The lowest BCUT2D eigenvalue weighted by Crippen LogP contribution is -1.99. The van der Waals surface area contributed by atoms with Crippen molar-refractivity contribution < 1.29 is 9.18 Å². The number of Topliss-reactive ketones (excluding diaryl/α,β-unsaturated/α-hetero) is 1. The van der Waals surface area contributed by atoms with Crippen molar-refractivity contribution >= 4 is 16.8 Å². The molecule has 4 heteroatoms. The van der Waals surface area contributed by atoms with E-state index in [1.807, 2.05) is 0 Å². The molecule has 0 bridgehead atoms. The highest BCUT2D eigenvalue weighted by atomic mass is 19.1. The molecule has 1 aliphatic rings. The van der Waals surface area contributed by atoms with Gasteiger partial charge in [-0.3, -0.25) is 4.79 Å². The molecule has 3 nitrogen and oxygen atoms in total. The Hall–Kier alpha value is -1.71. The molecular formula is C13H13FN2O. The number of nitrogens with zero attached hydrogens (tertiary/aromatic N) is 2. The maximum absolute atomic E-state index is 13.8. The molecule has 0 radical (unpaired) electrons. The minimum absolute atomic E-state index is 0.0324. The Kier molecular flexibility index (Phi) is 2.24. The summed E-state index contributed by atoms with van der Waals surface area (Å²) in [6.07, 6.45) is 5.89. The van der Waals surface area contributed by atoms with Gasteiger partial charge < -0.3 is 4.57 Å². The highest BCUT2D eigenvalue weighted by Gasteiger charge is 2.27. The zero-order chi connectivity index (χ0) is 12.0. The van der Waals surface area contributed by atoms with Crippen molar-refractivity contribution in [2.45, 2.75) is 19.3 Å². The Bertz CT molecular complexity index is 599. The number of aryl methyl sites for hydroxylation is 1. The minimum atomic E-state index is -0.366. The smallest absolute Gasteiger partial charge is 0.165 e. The van der Waals surface area contributed by atoms with E-state index in [1.54, 1.807) is 17.8 Å². The molecule has 2 aromatic rings. The monoisotopic (exact) mass is 232 g/mol. The van der Waals surface area contributed by atoms with Crippen LogP contribution < -0.4 is 0 Å². The van der Waals surface area contributed by atoms with Crippen LogP contribution in [0.4, 0.5) is 4.39 Å². The molecule has 0 aromatic carbocycles. The molecule has 2 heterocycles. The van der Waals surface area contributed by atoms with E-state index in [-0.39, 0.29) is 11.6 Å². The molecular weight excluding hydrogens is 219 g/mol. The molecule has 0 saturated heterocycles. The van der Waals surface area contributed by atoms with Gasteiger partial charge in [0.25, 0.3) is 0 Å². The Morgan fingerprint density at radius 1 is 1.59 bits per heavy atom. The summed E-state index contributed by atoms with van der Waals surface area (Å²) in [4.78, 5) is 16.2. The molecule has 88 valence electrons. The predicted molar refractivity (Wildman–Crippen MR) is 62.3 cm³/mol. The van der Waals surface area contributed by atoms with E-state index in [0.29, 0.717) is 28.9 Å². The maximum atomic E-state index is 13.8. The number of rotatable bonds is 3. The van der Waals surface area contributed by atoms with E-state index in [0.717, 1.165) is 12.8 Å². The maximum Gasteiger partial charge on any atom is 0.165 e. The number of carbonyl (C=O) groups is 1. The molecule has 0 aliphatic heterocycles. The number of pyridine rings is 1. The Morgan fingerprint density at radius 2 is 2.35 bits per heavy atom. The van der Waals surface area contributed by atoms with Gasteiger partial charge in [-0.15, -0.1) is 0 Å². The Labute approximate surface area is 98.3 Å². The van der Waals surface area contributed by atoms with Gasteiger partial charge >= 0.3 is 0 Å². The summed E-state index contributed by atoms with van der Waals surface area (Å²) in [5, 5.41) is 0.362. The summed E-state index contributed by atoms with van der Waals surface area (Å²) in [7, 11) is 1.78. The first-order valence-electron chi connectivity index (χ1n) is 5.79. The molecule has 2 aromatic heterocycles. The largest absolute Gasteiger partial charge is 0.335 e. The van der Waals surface area contributed by atoms with Gasteiger partial charge in [0.05, 0.1) is 5.39 Å². The average Bonchev–Trinajstić information content (AvgIpc) is 3.03. The molecule has 0 atom stereocenters. The normalized spacial score (nSPS) is 15.4. The van der Waals surface area contributed by atoms with E-state index in [4.69, 9.17) is 0 Å². The highest BCUT2D eigenvalue weighted by Crippen LogP contribution is 2.34. The van der Waals surface area contributed by atoms with Gasteiger partial charge in [-0.2, -0.15) is 0 Å². The van der Waals surface area contributed by atoms with Crippen molar-refractivity contribution in [3.05, 3.63) is 29.8 Å². The molecule has 1 fully saturated rings. The highest BCUT2D eigenvalue weighted by molar-refractivity contribution is 6.07. The first kappa shape index (κ1) is 10.4. The summed E-state index contributed by atoms with van der Waals surface area (Å²) in [6, 6.07) is 1.30. The van der Waals surface area contributed by atoms with E-state index in [2.05, 4.69) is 4.98 Å². The number of halogens is 1. The van der Waals surface area contributed by atoms with Gasteiger partial charge in [-0.25, -0.2) is 9.37 Å². The number of aromatic nitrogens is 2. The number of ketones is 1. The van der Waals surface area contributed by atoms with Crippen LogP contribution in [0.25, 0.3) is 11.0 Å². The quantitative estimate of drug-likeness (QED) is 0.762. The van der Waals surface area contributed by atoms with Crippen LogP contribution in [0.3, 0.4) is 0 Å². The van der Waals surface area contributed by atoms with Gasteiger partial charge in [-0.05, 0) is 24.8 Å². The summed E-state index contributed by atoms with van der Waals surface area (Å²) >= 11 is 0. The van der Waals surface area contributed by atoms with Crippen molar-refractivity contribution in [1.82, 2.24) is 9.55 Å². The van der Waals surface area contributed by atoms with Crippen LogP contribution in [0.1, 0.15) is 29.6 Å². The molecule has 0 N–H and O–H groups in total. The Balaban J connectivity index is 2.11. The second kappa shape index (κ2) is 3.65. The summed E-state index contributed by atoms with van der Waals surface area (Å²) in [6.45, 7) is 0. The van der Waals surface area contributed by atoms with E-state index < -0.39 is 0 Å². The van der Waals surface area contributed by atoms with Crippen LogP contribution in [-0.4, -0.2) is 15.3 Å². The number of carbonyl (C=O) groups excluding carboxylic acids is 1. The first-order valence-corrected chi connectivity index (χ1v) is 5.79. The molecule has 0 unspecified atom stereocenters. The van der Waals surface area contributed by atoms with Crippen molar-refractivity contribution in [1.29, 1.82) is 0 Å². The average molecular weight is 232 g/mol. The second-order valence-corrected chi connectivity index (χ2v) is 4.72. The SMILES string of the molecule is Cn1cc(C(=O)CC2CC2)c2c(F)ccnc21. The third-order valence-corrected chi connectivity index (χ3v) is 3.28. The van der Waals surface area contributed by atoms with Crippen LogP contribution in [0, 0.1) is 11.7 Å². The predicted octanol–water partition coefficient (Wildman–Crippen LogP) is 2.70. The summed E-state index contributed by atoms with van der Waals surface area (Å²) < 4.78 is 15.5. The minimum Gasteiger partial charge on any atom is -0.335 e. The Morgan fingerprint density at radius 3 is 3.06 bits per heavy atom. The summed E-state index contributed by atoms with van der Waals surface area (Å²) in [5.41, 5.74) is 1.00. The third kappa shape index (κ3) is 1.73. The van der Waals surface area contributed by atoms with Crippen molar-refractivity contribution in [3.63, 3.8) is 0 Å². The molecule has 3 rings (SSSR count). The van der Waals surface area contributed by atoms with E-state index >= 15 is 0 Å². The first-order chi connectivity index (χ1) is 8.16. The van der Waals surface area contributed by atoms with Crippen molar-refractivity contribution in [3.8, 4) is 0 Å². The molecule has 1 aliphatic carbocycles. The van der Waals surface area contributed by atoms with Crippen molar-refractivity contribution in [2.75, 3.05) is 0 Å². The zero-order valence-electron chi connectivity index (χ0n) is 9.61. The number of hydrogen-bond donors (Lipinski definition) is 0. The van der Waals surface area contributed by atoms with Crippen molar-refractivity contribution in [2.24, 2.45) is 13.0 Å².